The largest absolute Gasteiger partial charge is 0.208 e. The third kappa shape index (κ3) is 5.19. The van der Waals surface area contributed by atoms with Gasteiger partial charge in [0.2, 0.25) is 0 Å². The Kier molecular flexibility index (Phi) is 7.90. The van der Waals surface area contributed by atoms with Gasteiger partial charge in [-0.3, -0.25) is 0 Å². The maximum Gasteiger partial charge on any atom is 0.164 e. The molecule has 0 saturated heterocycles. The minimum Gasteiger partial charge on any atom is -0.208 e. The van der Waals surface area contributed by atoms with Crippen LogP contribution in [0.3, 0.4) is 0 Å². The Hall–Kier alpha value is -6.66. The Labute approximate surface area is 357 Å². The molecule has 10 aromatic rings. The molecule has 1 aliphatic heterocycles. The van der Waals surface area contributed by atoms with E-state index in [9.17, 15) is 0 Å². The van der Waals surface area contributed by atoms with Gasteiger partial charge in [-0.15, -0.1) is 11.3 Å². The summed E-state index contributed by atoms with van der Waals surface area (Å²) in [6.45, 7) is 4.75. The monoisotopic (exact) mass is 803 g/mol. The van der Waals surface area contributed by atoms with Crippen LogP contribution in [0.5, 0.6) is 0 Å². The molecule has 0 saturated carbocycles. The number of thiophene rings is 1. The van der Waals surface area contributed by atoms with Gasteiger partial charge in [-0.05, 0) is 62.7 Å². The first-order chi connectivity index (χ1) is 29.5. The summed E-state index contributed by atoms with van der Waals surface area (Å²) in [6.07, 6.45) is 0. The van der Waals surface area contributed by atoms with Crippen molar-refractivity contribution in [3.8, 4) is 45.3 Å². The van der Waals surface area contributed by atoms with Crippen LogP contribution in [-0.4, -0.2) is 15.0 Å². The molecule has 0 N–H and O–H groups in total. The molecule has 3 heterocycles. The molecule has 60 heavy (non-hydrogen) atoms. The molecule has 2 aliphatic rings. The molecule has 8 aromatic carbocycles. The standard InChI is InChI=1S/C55H37N3S2/c1-54(2)41-19-7-9-21-43(41)55(44-22-10-8-20-42(44)54)45-23-11-13-26-48(45)60-50-38(18-14-24-46(50)55)34-27-29-36(30-28-34)52-56-51(35-15-4-3-5-16-35)57-53(58-52)37-31-32-40-39-17-6-12-25-47(39)59-49(40)33-37/h3-33H,1-2H3. The van der Waals surface area contributed by atoms with Crippen LogP contribution >= 0.6 is 23.1 Å². The van der Waals surface area contributed by atoms with E-state index in [2.05, 4.69) is 184 Å². The number of fused-ring (bicyclic) bond motifs is 11. The predicted octanol–water partition coefficient (Wildman–Crippen LogP) is 14.4. The van der Waals surface area contributed by atoms with Gasteiger partial charge >= 0.3 is 0 Å². The molecule has 284 valence electrons. The van der Waals surface area contributed by atoms with E-state index in [4.69, 9.17) is 15.0 Å². The van der Waals surface area contributed by atoms with E-state index in [1.54, 1.807) is 11.3 Å². The summed E-state index contributed by atoms with van der Waals surface area (Å²) >= 11 is 3.69. The van der Waals surface area contributed by atoms with Crippen molar-refractivity contribution in [2.75, 3.05) is 0 Å². The molecule has 0 atom stereocenters. The fourth-order valence-electron chi connectivity index (χ4n) is 9.89. The number of rotatable bonds is 4. The van der Waals surface area contributed by atoms with Crippen molar-refractivity contribution in [3.63, 3.8) is 0 Å². The van der Waals surface area contributed by atoms with E-state index < -0.39 is 5.41 Å². The van der Waals surface area contributed by atoms with E-state index >= 15 is 0 Å². The van der Waals surface area contributed by atoms with Gasteiger partial charge in [0.25, 0.3) is 0 Å². The molecule has 1 spiro atoms. The van der Waals surface area contributed by atoms with Gasteiger partial charge in [0, 0.05) is 52.1 Å². The second kappa shape index (κ2) is 13.4. The lowest BCUT2D eigenvalue weighted by atomic mass is 9.54. The highest BCUT2D eigenvalue weighted by Crippen LogP contribution is 2.62. The van der Waals surface area contributed by atoms with Gasteiger partial charge < -0.3 is 0 Å². The summed E-state index contributed by atoms with van der Waals surface area (Å²) in [5, 5.41) is 2.53. The zero-order valence-corrected chi connectivity index (χ0v) is 34.7. The van der Waals surface area contributed by atoms with Crippen LogP contribution in [0.2, 0.25) is 0 Å². The lowest BCUT2D eigenvalue weighted by molar-refractivity contribution is 0.549. The Morgan fingerprint density at radius 3 is 1.62 bits per heavy atom. The Morgan fingerprint density at radius 2 is 0.900 bits per heavy atom. The van der Waals surface area contributed by atoms with Crippen LogP contribution in [0.25, 0.3) is 65.5 Å². The highest BCUT2D eigenvalue weighted by atomic mass is 32.2. The van der Waals surface area contributed by atoms with Gasteiger partial charge in [0.1, 0.15) is 0 Å². The SMILES string of the molecule is CC1(C)c2ccccc2C2(c3ccccc3Sc3c(-c4ccc(-c5nc(-c6ccccc6)nc(-c6ccc7c(c6)sc6ccccc67)n5)cc4)cccc32)c2ccccc21. The summed E-state index contributed by atoms with van der Waals surface area (Å²) in [5.74, 6) is 1.97. The fraction of sp³-hybridized carbons (Fsp3) is 0.0727. The summed E-state index contributed by atoms with van der Waals surface area (Å²) in [6, 6.07) is 68.4. The van der Waals surface area contributed by atoms with Gasteiger partial charge in [0.15, 0.2) is 17.5 Å². The lowest BCUT2D eigenvalue weighted by Crippen LogP contribution is -2.43. The third-order valence-electron chi connectivity index (χ3n) is 12.7. The first kappa shape index (κ1) is 35.3. The van der Waals surface area contributed by atoms with E-state index in [-0.39, 0.29) is 5.41 Å². The molecular weight excluding hydrogens is 767 g/mol. The minimum absolute atomic E-state index is 0.147. The van der Waals surface area contributed by atoms with Crippen molar-refractivity contribution in [3.05, 3.63) is 221 Å². The van der Waals surface area contributed by atoms with E-state index in [0.717, 1.165) is 22.3 Å². The maximum absolute atomic E-state index is 5.15. The second-order valence-electron chi connectivity index (χ2n) is 16.3. The topological polar surface area (TPSA) is 38.7 Å². The average molecular weight is 804 g/mol. The number of hydrogen-bond donors (Lipinski definition) is 0. The van der Waals surface area contributed by atoms with Crippen molar-refractivity contribution in [2.24, 2.45) is 0 Å². The van der Waals surface area contributed by atoms with Crippen molar-refractivity contribution in [2.45, 2.75) is 34.5 Å². The molecule has 0 unspecified atom stereocenters. The molecule has 12 rings (SSSR count). The Bertz CT molecular complexity index is 3280. The smallest absolute Gasteiger partial charge is 0.164 e. The fourth-order valence-corrected chi connectivity index (χ4v) is 12.4. The molecule has 0 fully saturated rings. The van der Waals surface area contributed by atoms with Crippen molar-refractivity contribution in [1.82, 2.24) is 15.0 Å². The average Bonchev–Trinajstić information content (AvgIpc) is 3.69. The Balaban J connectivity index is 1.00. The lowest BCUT2D eigenvalue weighted by Gasteiger charge is -2.50. The number of benzene rings is 8. The molecule has 0 bridgehead atoms. The van der Waals surface area contributed by atoms with Gasteiger partial charge in [-0.2, -0.15) is 0 Å². The number of hydrogen-bond acceptors (Lipinski definition) is 5. The first-order valence-corrected chi connectivity index (χ1v) is 22.1. The predicted molar refractivity (Wildman–Crippen MR) is 249 cm³/mol. The minimum atomic E-state index is -0.468. The summed E-state index contributed by atoms with van der Waals surface area (Å²) in [4.78, 5) is 17.9. The van der Waals surface area contributed by atoms with Crippen LogP contribution < -0.4 is 0 Å². The normalized spacial score (nSPS) is 14.4. The maximum atomic E-state index is 5.15. The highest BCUT2D eigenvalue weighted by Gasteiger charge is 2.52. The zero-order valence-electron chi connectivity index (χ0n) is 33.1. The second-order valence-corrected chi connectivity index (χ2v) is 18.4. The first-order valence-electron chi connectivity index (χ1n) is 20.4. The third-order valence-corrected chi connectivity index (χ3v) is 15.0. The van der Waals surface area contributed by atoms with Gasteiger partial charge in [-0.25, -0.2) is 15.0 Å². The van der Waals surface area contributed by atoms with Gasteiger partial charge in [0.05, 0.1) is 5.41 Å². The highest BCUT2D eigenvalue weighted by molar-refractivity contribution is 7.99. The van der Waals surface area contributed by atoms with E-state index in [1.165, 1.54) is 68.9 Å². The summed E-state index contributed by atoms with van der Waals surface area (Å²) < 4.78 is 2.50. The van der Waals surface area contributed by atoms with Crippen LogP contribution in [0.4, 0.5) is 0 Å². The molecule has 1 aliphatic carbocycles. The van der Waals surface area contributed by atoms with Crippen molar-refractivity contribution >= 4 is 43.3 Å². The van der Waals surface area contributed by atoms with Crippen LogP contribution in [0, 0.1) is 0 Å². The molecular formula is C55H37N3S2. The number of aromatic nitrogens is 3. The quantitative estimate of drug-likeness (QED) is 0.178. The molecule has 5 heteroatoms. The van der Waals surface area contributed by atoms with Gasteiger partial charge in [-0.1, -0.05) is 195 Å². The summed E-state index contributed by atoms with van der Waals surface area (Å²) in [7, 11) is 0. The van der Waals surface area contributed by atoms with Crippen LogP contribution in [0.1, 0.15) is 47.2 Å². The van der Waals surface area contributed by atoms with Crippen molar-refractivity contribution < 1.29 is 0 Å². The van der Waals surface area contributed by atoms with E-state index in [0.29, 0.717) is 17.5 Å². The number of nitrogens with zero attached hydrogens (tertiary/aromatic N) is 3. The molecule has 0 radical (unpaired) electrons. The zero-order chi connectivity index (χ0) is 40.0. The van der Waals surface area contributed by atoms with Crippen LogP contribution in [0.15, 0.2) is 198 Å². The molecule has 3 nitrogen and oxygen atoms in total. The van der Waals surface area contributed by atoms with Crippen molar-refractivity contribution in [1.29, 1.82) is 0 Å². The Morgan fingerprint density at radius 1 is 0.383 bits per heavy atom. The van der Waals surface area contributed by atoms with Crippen LogP contribution in [-0.2, 0) is 10.8 Å². The molecule has 0 amide bonds. The summed E-state index contributed by atoms with van der Waals surface area (Å²) in [5.41, 5.74) is 12.8. The molecule has 2 aromatic heterocycles. The van der Waals surface area contributed by atoms with E-state index in [1.807, 2.05) is 30.0 Å².